The highest BCUT2D eigenvalue weighted by Gasteiger charge is 2.48. The van der Waals surface area contributed by atoms with E-state index in [1.807, 2.05) is 13.8 Å². The van der Waals surface area contributed by atoms with Crippen LogP contribution in [0.1, 0.15) is 22.0 Å². The number of carboxylic acids is 1. The van der Waals surface area contributed by atoms with Crippen molar-refractivity contribution in [3.05, 3.63) is 15.6 Å². The molecule has 0 aliphatic carbocycles. The molecule has 2 rings (SSSR count). The topological polar surface area (TPSA) is 76.5 Å². The zero-order chi connectivity index (χ0) is 13.3. The van der Waals surface area contributed by atoms with Gasteiger partial charge in [-0.2, -0.15) is 0 Å². The van der Waals surface area contributed by atoms with Gasteiger partial charge in [0.1, 0.15) is 0 Å². The highest BCUT2D eigenvalue weighted by atomic mass is 32.1. The minimum Gasteiger partial charge on any atom is -0.480 e. The maximum absolute atomic E-state index is 12.0. The Morgan fingerprint density at radius 3 is 2.78 bits per heavy atom. The van der Waals surface area contributed by atoms with Crippen molar-refractivity contribution in [2.75, 3.05) is 13.2 Å². The fourth-order valence-corrected chi connectivity index (χ4v) is 3.06. The van der Waals surface area contributed by atoms with E-state index in [1.54, 1.807) is 0 Å². The first-order chi connectivity index (χ1) is 8.45. The van der Waals surface area contributed by atoms with Crippen molar-refractivity contribution in [2.45, 2.75) is 26.7 Å². The third kappa shape index (κ3) is 2.18. The molecule has 6 heteroatoms. The fraction of sp³-hybridized carbons (Fsp3) is 0.583. The lowest BCUT2D eigenvalue weighted by atomic mass is 9.78. The van der Waals surface area contributed by atoms with Crippen LogP contribution in [0.4, 0.5) is 0 Å². The van der Waals surface area contributed by atoms with Crippen molar-refractivity contribution in [1.29, 1.82) is 0 Å². The quantitative estimate of drug-likeness (QED) is 0.838. The molecule has 1 aliphatic heterocycles. The van der Waals surface area contributed by atoms with Crippen molar-refractivity contribution >= 4 is 23.1 Å². The molecule has 18 heavy (non-hydrogen) atoms. The first-order valence-corrected chi connectivity index (χ1v) is 6.55. The lowest BCUT2D eigenvalue weighted by Crippen LogP contribution is -2.48. The molecule has 1 unspecified atom stereocenters. The Hall–Kier alpha value is -1.27. The molecule has 0 radical (unpaired) electrons. The summed E-state index contributed by atoms with van der Waals surface area (Å²) < 4.78 is 5.20. The molecule has 1 aromatic rings. The van der Waals surface area contributed by atoms with E-state index < -0.39 is 11.4 Å². The number of ketones is 1. The van der Waals surface area contributed by atoms with Gasteiger partial charge in [0.2, 0.25) is 0 Å². The number of aryl methyl sites for hydroxylation is 2. The molecular weight excluding hydrogens is 254 g/mol. The summed E-state index contributed by atoms with van der Waals surface area (Å²) in [5.74, 6) is -1.37. The first-order valence-electron chi connectivity index (χ1n) is 5.73. The molecule has 0 spiro atoms. The number of Topliss-reactive ketones (excluding diaryl/α,β-unsaturated/α-hetero) is 1. The van der Waals surface area contributed by atoms with E-state index in [4.69, 9.17) is 4.74 Å². The fourth-order valence-electron chi connectivity index (χ4n) is 2.01. The summed E-state index contributed by atoms with van der Waals surface area (Å²) >= 11 is 1.44. The SMILES string of the molecule is Cc1nc(CC2(C(=O)O)COCCC2=O)sc1C. The second-order valence-electron chi connectivity index (χ2n) is 4.54. The Balaban J connectivity index is 2.31. The van der Waals surface area contributed by atoms with Crippen molar-refractivity contribution in [1.82, 2.24) is 4.98 Å². The van der Waals surface area contributed by atoms with Crippen molar-refractivity contribution < 1.29 is 19.4 Å². The lowest BCUT2D eigenvalue weighted by Gasteiger charge is -2.30. The number of aliphatic carboxylic acids is 1. The molecule has 0 aromatic carbocycles. The van der Waals surface area contributed by atoms with Crippen LogP contribution in [0.2, 0.25) is 0 Å². The summed E-state index contributed by atoms with van der Waals surface area (Å²) in [6.45, 7) is 4.06. The van der Waals surface area contributed by atoms with E-state index in [2.05, 4.69) is 4.98 Å². The van der Waals surface area contributed by atoms with Crippen molar-refractivity contribution in [3.8, 4) is 0 Å². The third-order valence-corrected chi connectivity index (χ3v) is 4.36. The van der Waals surface area contributed by atoms with Crippen LogP contribution >= 0.6 is 11.3 Å². The Morgan fingerprint density at radius 2 is 2.28 bits per heavy atom. The average molecular weight is 269 g/mol. The molecule has 1 saturated heterocycles. The maximum Gasteiger partial charge on any atom is 0.320 e. The Morgan fingerprint density at radius 1 is 1.56 bits per heavy atom. The van der Waals surface area contributed by atoms with E-state index >= 15 is 0 Å². The van der Waals surface area contributed by atoms with Gasteiger partial charge in [0.05, 0.1) is 23.9 Å². The lowest BCUT2D eigenvalue weighted by molar-refractivity contribution is -0.164. The van der Waals surface area contributed by atoms with Gasteiger partial charge in [-0.05, 0) is 13.8 Å². The monoisotopic (exact) mass is 269 g/mol. The Kier molecular flexibility index (Phi) is 3.49. The zero-order valence-electron chi connectivity index (χ0n) is 10.4. The molecule has 0 bridgehead atoms. The van der Waals surface area contributed by atoms with Crippen LogP contribution in [0, 0.1) is 19.3 Å². The van der Waals surface area contributed by atoms with Gasteiger partial charge >= 0.3 is 5.97 Å². The Bertz CT molecular complexity index is 477. The number of aromatic nitrogens is 1. The number of ether oxygens (including phenoxy) is 1. The number of hydrogen-bond acceptors (Lipinski definition) is 5. The van der Waals surface area contributed by atoms with Gasteiger partial charge in [0, 0.05) is 17.7 Å². The molecule has 1 N–H and O–H groups in total. The second kappa shape index (κ2) is 4.78. The summed E-state index contributed by atoms with van der Waals surface area (Å²) in [6.07, 6.45) is 0.288. The largest absolute Gasteiger partial charge is 0.480 e. The van der Waals surface area contributed by atoms with Crippen LogP contribution in [-0.4, -0.2) is 35.1 Å². The van der Waals surface area contributed by atoms with Gasteiger partial charge in [-0.3, -0.25) is 9.59 Å². The van der Waals surface area contributed by atoms with Crippen LogP contribution in [-0.2, 0) is 20.7 Å². The number of carbonyl (C=O) groups excluding carboxylic acids is 1. The molecular formula is C12H15NO4S. The van der Waals surface area contributed by atoms with Gasteiger partial charge in [-0.1, -0.05) is 0 Å². The standard InChI is InChI=1S/C12H15NO4S/c1-7-8(2)18-10(13-7)5-12(11(15)16)6-17-4-3-9(12)14/h3-6H2,1-2H3,(H,15,16). The van der Waals surface area contributed by atoms with Crippen molar-refractivity contribution in [2.24, 2.45) is 5.41 Å². The molecule has 1 fully saturated rings. The molecule has 98 valence electrons. The van der Waals surface area contributed by atoms with E-state index in [0.717, 1.165) is 10.6 Å². The molecule has 1 aromatic heterocycles. The normalized spacial score (nSPS) is 24.2. The number of thiazole rings is 1. The molecule has 0 amide bonds. The molecule has 5 nitrogen and oxygen atoms in total. The van der Waals surface area contributed by atoms with Crippen LogP contribution in [0.5, 0.6) is 0 Å². The van der Waals surface area contributed by atoms with Gasteiger partial charge in [-0.25, -0.2) is 4.98 Å². The van der Waals surface area contributed by atoms with E-state index in [0.29, 0.717) is 11.6 Å². The molecule has 1 atom stereocenters. The molecule has 2 heterocycles. The van der Waals surface area contributed by atoms with Gasteiger partial charge < -0.3 is 9.84 Å². The third-order valence-electron chi connectivity index (χ3n) is 3.29. The van der Waals surface area contributed by atoms with Crippen LogP contribution in [0.3, 0.4) is 0 Å². The van der Waals surface area contributed by atoms with E-state index in [-0.39, 0.29) is 25.2 Å². The maximum atomic E-state index is 12.0. The van der Waals surface area contributed by atoms with Gasteiger partial charge in [0.15, 0.2) is 11.2 Å². The summed E-state index contributed by atoms with van der Waals surface area (Å²) in [4.78, 5) is 28.8. The Labute approximate surface area is 109 Å². The number of carbonyl (C=O) groups is 2. The predicted octanol–water partition coefficient (Wildman–Crippen LogP) is 1.36. The highest BCUT2D eigenvalue weighted by Crippen LogP contribution is 2.32. The number of rotatable bonds is 3. The zero-order valence-corrected chi connectivity index (χ0v) is 11.2. The van der Waals surface area contributed by atoms with Crippen LogP contribution in [0.25, 0.3) is 0 Å². The second-order valence-corrected chi connectivity index (χ2v) is 5.83. The minimum atomic E-state index is -1.45. The van der Waals surface area contributed by atoms with Gasteiger partial charge in [-0.15, -0.1) is 11.3 Å². The molecule has 0 saturated carbocycles. The van der Waals surface area contributed by atoms with Crippen LogP contribution in [0.15, 0.2) is 0 Å². The summed E-state index contributed by atoms with van der Waals surface area (Å²) in [7, 11) is 0. The predicted molar refractivity (Wildman–Crippen MR) is 65.8 cm³/mol. The van der Waals surface area contributed by atoms with Gasteiger partial charge in [0.25, 0.3) is 0 Å². The first kappa shape index (κ1) is 13.2. The molecule has 1 aliphatic rings. The summed E-state index contributed by atoms with van der Waals surface area (Å²) in [6, 6.07) is 0. The van der Waals surface area contributed by atoms with Crippen molar-refractivity contribution in [3.63, 3.8) is 0 Å². The number of carboxylic acid groups (broad SMARTS) is 1. The van der Waals surface area contributed by atoms with Crippen LogP contribution < -0.4 is 0 Å². The van der Waals surface area contributed by atoms with E-state index in [9.17, 15) is 14.7 Å². The summed E-state index contributed by atoms with van der Waals surface area (Å²) in [5.41, 5.74) is -0.561. The highest BCUT2D eigenvalue weighted by molar-refractivity contribution is 7.11. The number of hydrogen-bond donors (Lipinski definition) is 1. The number of nitrogens with zero attached hydrogens (tertiary/aromatic N) is 1. The van der Waals surface area contributed by atoms with E-state index in [1.165, 1.54) is 11.3 Å². The smallest absolute Gasteiger partial charge is 0.320 e. The summed E-state index contributed by atoms with van der Waals surface area (Å²) in [5, 5.41) is 10.1. The minimum absolute atomic E-state index is 0.0567. The average Bonchev–Trinajstić information content (AvgIpc) is 2.61.